The van der Waals surface area contributed by atoms with Crippen LogP contribution in [-0.4, -0.2) is 44.8 Å². The molecule has 1 saturated heterocycles. The Morgan fingerprint density at radius 1 is 1.11 bits per heavy atom. The molecule has 2 atom stereocenters. The highest BCUT2D eigenvalue weighted by atomic mass is 16.3. The number of nitrogens with one attached hydrogen (secondary N) is 1. The van der Waals surface area contributed by atoms with Crippen molar-refractivity contribution < 1.29 is 5.11 Å². The number of imidazole rings is 1. The Kier molecular flexibility index (Phi) is 5.42. The van der Waals surface area contributed by atoms with Crippen molar-refractivity contribution in [3.8, 4) is 0 Å². The second kappa shape index (κ2) is 7.80. The maximum atomic E-state index is 12.5. The van der Waals surface area contributed by atoms with Gasteiger partial charge in [0, 0.05) is 31.6 Å². The highest BCUT2D eigenvalue weighted by molar-refractivity contribution is 5.75. The van der Waals surface area contributed by atoms with Gasteiger partial charge in [-0.1, -0.05) is 37.8 Å². The van der Waals surface area contributed by atoms with Crippen molar-refractivity contribution in [1.82, 2.24) is 14.5 Å². The number of piperidine rings is 1. The van der Waals surface area contributed by atoms with Crippen molar-refractivity contribution >= 4 is 11.0 Å². The summed E-state index contributed by atoms with van der Waals surface area (Å²) in [5.74, 6) is 0.366. The lowest BCUT2D eigenvalue weighted by molar-refractivity contribution is -0.0356. The molecule has 1 saturated carbocycles. The molecule has 4 rings (SSSR count). The van der Waals surface area contributed by atoms with E-state index in [4.69, 9.17) is 0 Å². The number of aliphatic hydroxyl groups is 1. The van der Waals surface area contributed by atoms with Crippen molar-refractivity contribution in [3.05, 3.63) is 34.7 Å². The van der Waals surface area contributed by atoms with Crippen LogP contribution in [0, 0.1) is 5.92 Å². The highest BCUT2D eigenvalue weighted by Crippen LogP contribution is 2.33. The van der Waals surface area contributed by atoms with E-state index in [1.54, 1.807) is 0 Å². The topological polar surface area (TPSA) is 61.3 Å². The van der Waals surface area contributed by atoms with Crippen LogP contribution in [0.1, 0.15) is 64.3 Å². The van der Waals surface area contributed by atoms with Crippen molar-refractivity contribution in [2.75, 3.05) is 19.6 Å². The predicted molar refractivity (Wildman–Crippen MR) is 109 cm³/mol. The van der Waals surface area contributed by atoms with Crippen LogP contribution in [-0.2, 0) is 0 Å². The molecule has 1 aliphatic heterocycles. The molecule has 2 heterocycles. The first-order chi connectivity index (χ1) is 13.0. The summed E-state index contributed by atoms with van der Waals surface area (Å²) < 4.78 is 1.96. The quantitative estimate of drug-likeness (QED) is 0.865. The normalized spacial score (nSPS) is 28.9. The molecule has 1 aromatic heterocycles. The Morgan fingerprint density at radius 3 is 2.67 bits per heavy atom. The predicted octanol–water partition coefficient (Wildman–Crippen LogP) is 3.69. The average Bonchev–Trinajstić information content (AvgIpc) is 2.98. The summed E-state index contributed by atoms with van der Waals surface area (Å²) in [5.41, 5.74) is 1.42. The van der Waals surface area contributed by atoms with Gasteiger partial charge in [-0.2, -0.15) is 0 Å². The largest absolute Gasteiger partial charge is 0.390 e. The molecule has 2 N–H and O–H groups in total. The SMILES string of the molecule is CC1(O)CCCCCCC1CN1CCC(n2c(=O)[nH]c3ccccc32)CC1. The Bertz CT molecular complexity index is 814. The monoisotopic (exact) mass is 371 g/mol. The van der Waals surface area contributed by atoms with Gasteiger partial charge in [0.05, 0.1) is 16.6 Å². The highest BCUT2D eigenvalue weighted by Gasteiger charge is 2.34. The number of aromatic amines is 1. The molecule has 2 aromatic rings. The number of nitrogens with zero attached hydrogens (tertiary/aromatic N) is 2. The molecule has 5 heteroatoms. The molecule has 0 spiro atoms. The van der Waals surface area contributed by atoms with Gasteiger partial charge in [-0.15, -0.1) is 0 Å². The first kappa shape index (κ1) is 18.8. The molecule has 148 valence electrons. The Hall–Kier alpha value is -1.59. The maximum absolute atomic E-state index is 12.5. The molecule has 5 nitrogen and oxygen atoms in total. The second-order valence-corrected chi connectivity index (χ2v) is 8.86. The van der Waals surface area contributed by atoms with Gasteiger partial charge in [-0.25, -0.2) is 4.79 Å². The number of fused-ring (bicyclic) bond motifs is 1. The molecule has 0 bridgehead atoms. The van der Waals surface area contributed by atoms with Crippen molar-refractivity contribution in [2.45, 2.75) is 69.9 Å². The minimum atomic E-state index is -0.537. The van der Waals surface area contributed by atoms with E-state index in [-0.39, 0.29) is 11.7 Å². The van der Waals surface area contributed by atoms with E-state index < -0.39 is 5.60 Å². The van der Waals surface area contributed by atoms with Crippen LogP contribution in [0.15, 0.2) is 29.1 Å². The fourth-order valence-corrected chi connectivity index (χ4v) is 5.14. The number of aromatic nitrogens is 2. The lowest BCUT2D eigenvalue weighted by atomic mass is 9.78. The molecule has 2 aliphatic rings. The van der Waals surface area contributed by atoms with Crippen LogP contribution in [0.25, 0.3) is 11.0 Å². The lowest BCUT2D eigenvalue weighted by Crippen LogP contribution is -2.46. The van der Waals surface area contributed by atoms with Crippen molar-refractivity contribution in [1.29, 1.82) is 0 Å². The minimum absolute atomic E-state index is 0.0117. The van der Waals surface area contributed by atoms with Gasteiger partial charge >= 0.3 is 5.69 Å². The third kappa shape index (κ3) is 3.99. The summed E-state index contributed by atoms with van der Waals surface area (Å²) in [6.07, 6.45) is 9.00. The number of para-hydroxylation sites is 2. The lowest BCUT2D eigenvalue weighted by Gasteiger charge is -2.40. The zero-order chi connectivity index (χ0) is 18.9. The Balaban J connectivity index is 1.41. The van der Waals surface area contributed by atoms with Crippen LogP contribution in [0.2, 0.25) is 0 Å². The molecule has 1 aromatic carbocycles. The molecule has 2 unspecified atom stereocenters. The third-order valence-electron chi connectivity index (χ3n) is 6.89. The number of H-pyrrole nitrogens is 1. The van der Waals surface area contributed by atoms with Gasteiger partial charge in [0.15, 0.2) is 0 Å². The molecule has 27 heavy (non-hydrogen) atoms. The Morgan fingerprint density at radius 2 is 1.85 bits per heavy atom. The van der Waals surface area contributed by atoms with Crippen LogP contribution < -0.4 is 5.69 Å². The fourth-order valence-electron chi connectivity index (χ4n) is 5.14. The summed E-state index contributed by atoms with van der Waals surface area (Å²) >= 11 is 0. The number of hydrogen-bond donors (Lipinski definition) is 2. The minimum Gasteiger partial charge on any atom is -0.390 e. The van der Waals surface area contributed by atoms with Crippen LogP contribution >= 0.6 is 0 Å². The smallest absolute Gasteiger partial charge is 0.326 e. The van der Waals surface area contributed by atoms with Gasteiger partial charge in [-0.05, 0) is 44.7 Å². The van der Waals surface area contributed by atoms with E-state index in [2.05, 4.69) is 9.88 Å². The fraction of sp³-hybridized carbons (Fsp3) is 0.682. The van der Waals surface area contributed by atoms with E-state index in [9.17, 15) is 9.90 Å². The Labute approximate surface area is 161 Å². The van der Waals surface area contributed by atoms with Crippen molar-refractivity contribution in [3.63, 3.8) is 0 Å². The third-order valence-corrected chi connectivity index (χ3v) is 6.89. The maximum Gasteiger partial charge on any atom is 0.326 e. The van der Waals surface area contributed by atoms with E-state index in [0.29, 0.717) is 5.92 Å². The number of benzene rings is 1. The zero-order valence-corrected chi connectivity index (χ0v) is 16.5. The van der Waals surface area contributed by atoms with Gasteiger partial charge < -0.3 is 15.0 Å². The van der Waals surface area contributed by atoms with Crippen LogP contribution in [0.5, 0.6) is 0 Å². The summed E-state index contributed by atoms with van der Waals surface area (Å²) in [5, 5.41) is 11.0. The van der Waals surface area contributed by atoms with Gasteiger partial charge in [-0.3, -0.25) is 4.57 Å². The zero-order valence-electron chi connectivity index (χ0n) is 16.5. The first-order valence-electron chi connectivity index (χ1n) is 10.7. The molecule has 1 aliphatic carbocycles. The van der Waals surface area contributed by atoms with Crippen LogP contribution in [0.3, 0.4) is 0 Å². The second-order valence-electron chi connectivity index (χ2n) is 8.86. The van der Waals surface area contributed by atoms with Gasteiger partial charge in [0.1, 0.15) is 0 Å². The molecule has 0 radical (unpaired) electrons. The average molecular weight is 372 g/mol. The summed E-state index contributed by atoms with van der Waals surface area (Å²) in [7, 11) is 0. The summed E-state index contributed by atoms with van der Waals surface area (Å²) in [6, 6.07) is 8.23. The molecular formula is C22H33N3O2. The van der Waals surface area contributed by atoms with Gasteiger partial charge in [0.2, 0.25) is 0 Å². The number of likely N-dealkylation sites (tertiary alicyclic amines) is 1. The van der Waals surface area contributed by atoms with Crippen LogP contribution in [0.4, 0.5) is 0 Å². The standard InChI is InChI=1S/C22H33N3O2/c1-22(27)13-7-3-2-4-8-17(22)16-24-14-11-18(12-15-24)25-20-10-6-5-9-19(20)23-21(25)26/h5-6,9-10,17-18,27H,2-4,7-8,11-16H2,1H3,(H,23,26). The van der Waals surface area contributed by atoms with Crippen molar-refractivity contribution in [2.24, 2.45) is 5.92 Å². The van der Waals surface area contributed by atoms with Gasteiger partial charge in [0.25, 0.3) is 0 Å². The number of rotatable bonds is 3. The first-order valence-corrected chi connectivity index (χ1v) is 10.7. The van der Waals surface area contributed by atoms with E-state index in [0.717, 1.165) is 62.8 Å². The molecular weight excluding hydrogens is 338 g/mol. The molecule has 2 fully saturated rings. The molecule has 0 amide bonds. The summed E-state index contributed by atoms with van der Waals surface area (Å²) in [6.45, 7) is 5.04. The van der Waals surface area contributed by atoms with E-state index >= 15 is 0 Å². The van der Waals surface area contributed by atoms with E-state index in [1.165, 1.54) is 19.3 Å². The number of hydrogen-bond acceptors (Lipinski definition) is 3. The van der Waals surface area contributed by atoms with E-state index in [1.807, 2.05) is 35.8 Å². The summed E-state index contributed by atoms with van der Waals surface area (Å²) in [4.78, 5) is 17.9.